The van der Waals surface area contributed by atoms with E-state index in [2.05, 4.69) is 29.7 Å². The normalized spacial score (nSPS) is 19.1. The number of rotatable bonds is 11. The Morgan fingerprint density at radius 2 is 1.36 bits per heavy atom. The lowest BCUT2D eigenvalue weighted by atomic mass is 9.91. The minimum atomic E-state index is -0.547. The van der Waals surface area contributed by atoms with Crippen LogP contribution in [0.1, 0.15) is 41.6 Å². The molecule has 7 nitrogen and oxygen atoms in total. The monoisotopic (exact) mass is 646 g/mol. The smallest absolute Gasteiger partial charge is 0.319 e. The number of carbonyl (C=O) groups is 1. The molecule has 0 aliphatic carbocycles. The second-order valence-electron chi connectivity index (χ2n) is 11.4. The molecule has 0 radical (unpaired) electrons. The zero-order valence-corrected chi connectivity index (χ0v) is 26.9. The van der Waals surface area contributed by atoms with Crippen LogP contribution in [0.4, 0.5) is 10.5 Å². The summed E-state index contributed by atoms with van der Waals surface area (Å²) < 4.78 is 19.0. The van der Waals surface area contributed by atoms with Gasteiger partial charge >= 0.3 is 6.03 Å². The molecule has 240 valence electrons. The molecule has 2 amide bonds. The number of para-hydroxylation sites is 1. The van der Waals surface area contributed by atoms with Crippen LogP contribution in [0.15, 0.2) is 138 Å². The van der Waals surface area contributed by atoms with E-state index in [0.29, 0.717) is 18.0 Å². The number of carbonyl (C=O) groups excluding carboxylic acids is 1. The molecule has 0 bridgehead atoms. The predicted molar refractivity (Wildman–Crippen MR) is 185 cm³/mol. The Morgan fingerprint density at radius 1 is 0.745 bits per heavy atom. The van der Waals surface area contributed by atoms with Crippen LogP contribution < -0.4 is 15.4 Å². The first-order valence-electron chi connectivity index (χ1n) is 15.7. The van der Waals surface area contributed by atoms with Crippen LogP contribution >= 0.6 is 11.8 Å². The Bertz CT molecular complexity index is 1700. The molecule has 47 heavy (non-hydrogen) atoms. The summed E-state index contributed by atoms with van der Waals surface area (Å²) in [4.78, 5) is 13.8. The third-order valence-electron chi connectivity index (χ3n) is 8.08. The van der Waals surface area contributed by atoms with Crippen molar-refractivity contribution in [3.05, 3.63) is 156 Å². The number of benzene rings is 5. The van der Waals surface area contributed by atoms with E-state index in [4.69, 9.17) is 14.2 Å². The fraction of sp³-hybridized carbons (Fsp3) is 0.205. The van der Waals surface area contributed by atoms with Crippen LogP contribution in [-0.4, -0.2) is 23.0 Å². The topological polar surface area (TPSA) is 89.1 Å². The highest BCUT2D eigenvalue weighted by Crippen LogP contribution is 2.43. The minimum absolute atomic E-state index is 0.00398. The van der Waals surface area contributed by atoms with Crippen molar-refractivity contribution >= 4 is 23.5 Å². The zero-order valence-electron chi connectivity index (χ0n) is 26.1. The average molecular weight is 647 g/mol. The number of aliphatic hydroxyl groups excluding tert-OH is 1. The first kappa shape index (κ1) is 32.3. The van der Waals surface area contributed by atoms with E-state index in [1.165, 1.54) is 4.90 Å². The van der Waals surface area contributed by atoms with Crippen molar-refractivity contribution in [3.8, 4) is 11.5 Å². The molecule has 0 aromatic heterocycles. The second kappa shape index (κ2) is 15.8. The van der Waals surface area contributed by atoms with E-state index in [1.54, 1.807) is 23.9 Å². The molecular weight excluding hydrogens is 609 g/mol. The molecule has 4 atom stereocenters. The van der Waals surface area contributed by atoms with E-state index >= 15 is 0 Å². The standard InChI is InChI=1S/C39H38N2O5S/c1-27-36(26-47-35-10-6-3-7-11-35)45-38(46-37(27)30-16-14-29(25-42)15-17-30)31-18-12-28(13-19-31)24-40-39(43)41-32-20-22-34(23-21-32)44-33-8-4-2-5-9-33/h2-23,27,36-38,42H,24-26H2,1H3,(H2,40,41,43)/t27-,36+,37+,38+/m1/s1. The van der Waals surface area contributed by atoms with E-state index in [-0.39, 0.29) is 30.8 Å². The van der Waals surface area contributed by atoms with Gasteiger partial charge in [0.1, 0.15) is 11.5 Å². The van der Waals surface area contributed by atoms with Gasteiger partial charge in [-0.05, 0) is 65.2 Å². The average Bonchev–Trinajstić information content (AvgIpc) is 3.12. The molecule has 1 aliphatic rings. The van der Waals surface area contributed by atoms with Crippen LogP contribution in [0.3, 0.4) is 0 Å². The highest BCUT2D eigenvalue weighted by Gasteiger charge is 2.38. The van der Waals surface area contributed by atoms with Gasteiger partial charge in [0.15, 0.2) is 6.29 Å². The Hall–Kier alpha value is -4.60. The summed E-state index contributed by atoms with van der Waals surface area (Å²) in [6.07, 6.45) is -0.772. The summed E-state index contributed by atoms with van der Waals surface area (Å²) in [6, 6.07) is 42.7. The Balaban J connectivity index is 1.06. The quantitative estimate of drug-likeness (QED) is 0.124. The third-order valence-corrected chi connectivity index (χ3v) is 9.18. The number of hydrogen-bond donors (Lipinski definition) is 3. The highest BCUT2D eigenvalue weighted by atomic mass is 32.2. The van der Waals surface area contributed by atoms with Crippen LogP contribution in [0.5, 0.6) is 11.5 Å². The van der Waals surface area contributed by atoms with E-state index in [0.717, 1.165) is 33.8 Å². The Labute approximate surface area is 279 Å². The van der Waals surface area contributed by atoms with Gasteiger partial charge in [0.2, 0.25) is 0 Å². The van der Waals surface area contributed by atoms with Crippen LogP contribution in [-0.2, 0) is 22.6 Å². The van der Waals surface area contributed by atoms with Gasteiger partial charge in [-0.25, -0.2) is 4.79 Å². The maximum atomic E-state index is 12.6. The summed E-state index contributed by atoms with van der Waals surface area (Å²) in [5.74, 6) is 2.34. The van der Waals surface area contributed by atoms with Crippen LogP contribution in [0.25, 0.3) is 0 Å². The van der Waals surface area contributed by atoms with Crippen LogP contribution in [0, 0.1) is 5.92 Å². The summed E-state index contributed by atoms with van der Waals surface area (Å²) in [6.45, 7) is 2.54. The van der Waals surface area contributed by atoms with Gasteiger partial charge in [0.05, 0.1) is 18.8 Å². The van der Waals surface area contributed by atoms with Gasteiger partial charge in [-0.3, -0.25) is 0 Å². The van der Waals surface area contributed by atoms with Gasteiger partial charge in [-0.15, -0.1) is 11.8 Å². The number of ether oxygens (including phenoxy) is 3. The second-order valence-corrected chi connectivity index (χ2v) is 12.5. The molecule has 8 heteroatoms. The number of anilines is 1. The van der Waals surface area contributed by atoms with Gasteiger partial charge < -0.3 is 30.0 Å². The number of amides is 2. The highest BCUT2D eigenvalue weighted by molar-refractivity contribution is 7.99. The van der Waals surface area contributed by atoms with E-state index in [1.807, 2.05) is 109 Å². The van der Waals surface area contributed by atoms with E-state index < -0.39 is 6.29 Å². The molecule has 6 rings (SSSR count). The molecule has 0 spiro atoms. The molecule has 1 fully saturated rings. The number of thioether (sulfide) groups is 1. The Morgan fingerprint density at radius 3 is 2.04 bits per heavy atom. The van der Waals surface area contributed by atoms with Crippen LogP contribution in [0.2, 0.25) is 0 Å². The van der Waals surface area contributed by atoms with E-state index in [9.17, 15) is 9.90 Å². The first-order chi connectivity index (χ1) is 23.0. The molecule has 0 saturated carbocycles. The lowest BCUT2D eigenvalue weighted by Crippen LogP contribution is -2.38. The number of urea groups is 1. The SMILES string of the molecule is C[C@@H]1[C@H](CSc2ccccc2)O[C@H](c2ccc(CNC(=O)Nc3ccc(Oc4ccccc4)cc3)cc2)O[C@@H]1c1ccc(CO)cc1. The molecule has 3 N–H and O–H groups in total. The third kappa shape index (κ3) is 8.81. The van der Waals surface area contributed by atoms with Gasteiger partial charge in [-0.2, -0.15) is 0 Å². The molecule has 5 aromatic carbocycles. The summed E-state index contributed by atoms with van der Waals surface area (Å²) in [5.41, 5.74) is 4.45. The maximum Gasteiger partial charge on any atom is 0.319 e. The lowest BCUT2D eigenvalue weighted by molar-refractivity contribution is -0.268. The number of hydrogen-bond acceptors (Lipinski definition) is 6. The molecule has 1 saturated heterocycles. The largest absolute Gasteiger partial charge is 0.457 e. The predicted octanol–water partition coefficient (Wildman–Crippen LogP) is 8.88. The fourth-order valence-corrected chi connectivity index (χ4v) is 6.47. The minimum Gasteiger partial charge on any atom is -0.457 e. The van der Waals surface area contributed by atoms with Crippen molar-refractivity contribution in [1.29, 1.82) is 0 Å². The zero-order chi connectivity index (χ0) is 32.4. The number of nitrogens with one attached hydrogen (secondary N) is 2. The van der Waals surface area contributed by atoms with Gasteiger partial charge in [0.25, 0.3) is 0 Å². The summed E-state index contributed by atoms with van der Waals surface area (Å²) in [5, 5.41) is 15.3. The van der Waals surface area contributed by atoms with Gasteiger partial charge in [0, 0.05) is 34.4 Å². The van der Waals surface area contributed by atoms with Crippen molar-refractivity contribution < 1.29 is 24.1 Å². The van der Waals surface area contributed by atoms with Crippen molar-refractivity contribution in [2.75, 3.05) is 11.1 Å². The van der Waals surface area contributed by atoms with Crippen molar-refractivity contribution in [3.63, 3.8) is 0 Å². The molecule has 1 heterocycles. The summed E-state index contributed by atoms with van der Waals surface area (Å²) >= 11 is 1.78. The maximum absolute atomic E-state index is 12.6. The summed E-state index contributed by atoms with van der Waals surface area (Å²) in [7, 11) is 0. The lowest BCUT2D eigenvalue weighted by Gasteiger charge is -2.41. The molecular formula is C39H38N2O5S. The van der Waals surface area contributed by atoms with Gasteiger partial charge in [-0.1, -0.05) is 91.9 Å². The first-order valence-corrected chi connectivity index (χ1v) is 16.7. The fourth-order valence-electron chi connectivity index (χ4n) is 5.39. The molecule has 0 unspecified atom stereocenters. The molecule has 1 aliphatic heterocycles. The van der Waals surface area contributed by atoms with Crippen molar-refractivity contribution in [2.24, 2.45) is 5.92 Å². The number of aliphatic hydroxyl groups is 1. The Kier molecular flexibility index (Phi) is 10.9. The van der Waals surface area contributed by atoms with Crippen molar-refractivity contribution in [1.82, 2.24) is 5.32 Å². The van der Waals surface area contributed by atoms with Crippen molar-refractivity contribution in [2.45, 2.75) is 43.5 Å². The molecule has 5 aromatic rings.